The molecule has 31 heavy (non-hydrogen) atoms. The van der Waals surface area contributed by atoms with Gasteiger partial charge in [0, 0.05) is 30.8 Å². The van der Waals surface area contributed by atoms with Gasteiger partial charge >= 0.3 is 0 Å². The number of hydrogen-bond acceptors (Lipinski definition) is 4. The molecule has 6 heteroatoms. The van der Waals surface area contributed by atoms with Crippen LogP contribution in [0.4, 0.5) is 5.69 Å². The van der Waals surface area contributed by atoms with Crippen molar-refractivity contribution < 1.29 is 19.1 Å². The topological polar surface area (TPSA) is 67.9 Å². The van der Waals surface area contributed by atoms with Crippen molar-refractivity contribution in [2.45, 2.75) is 32.1 Å². The van der Waals surface area contributed by atoms with Crippen molar-refractivity contribution in [1.82, 2.24) is 4.90 Å². The highest BCUT2D eigenvalue weighted by Gasteiger charge is 2.29. The minimum absolute atomic E-state index is 0.00955. The summed E-state index contributed by atoms with van der Waals surface area (Å²) in [5, 5.41) is 2.91. The average Bonchev–Trinajstić information content (AvgIpc) is 3.64. The Bertz CT molecular complexity index is 900. The van der Waals surface area contributed by atoms with E-state index < -0.39 is 0 Å². The van der Waals surface area contributed by atoms with Crippen molar-refractivity contribution in [1.29, 1.82) is 0 Å². The van der Waals surface area contributed by atoms with Crippen molar-refractivity contribution in [2.24, 2.45) is 11.8 Å². The summed E-state index contributed by atoms with van der Waals surface area (Å²) >= 11 is 0. The van der Waals surface area contributed by atoms with Crippen LogP contribution in [0, 0.1) is 11.8 Å². The van der Waals surface area contributed by atoms with Crippen molar-refractivity contribution in [3.05, 3.63) is 54.1 Å². The maximum absolute atomic E-state index is 12.6. The number of rotatable bonds is 8. The second kappa shape index (κ2) is 9.86. The minimum atomic E-state index is 0.00955. The maximum atomic E-state index is 12.6. The van der Waals surface area contributed by atoms with E-state index in [2.05, 4.69) is 17.4 Å². The first-order valence-corrected chi connectivity index (χ1v) is 11.0. The first-order valence-electron chi connectivity index (χ1n) is 11.0. The first kappa shape index (κ1) is 21.2. The van der Waals surface area contributed by atoms with E-state index in [0.29, 0.717) is 17.4 Å². The number of nitrogens with zero attached hydrogens (tertiary/aromatic N) is 1. The number of ether oxygens (including phenoxy) is 2. The summed E-state index contributed by atoms with van der Waals surface area (Å²) in [7, 11) is 1.68. The van der Waals surface area contributed by atoms with Crippen LogP contribution in [0.5, 0.6) is 11.5 Å². The fraction of sp³-hybridized carbons (Fsp3) is 0.440. The Kier molecular flexibility index (Phi) is 6.75. The highest BCUT2D eigenvalue weighted by atomic mass is 16.5. The fourth-order valence-electron chi connectivity index (χ4n) is 3.97. The van der Waals surface area contributed by atoms with E-state index in [1.54, 1.807) is 19.2 Å². The molecule has 2 aromatic carbocycles. The molecule has 1 saturated carbocycles. The van der Waals surface area contributed by atoms with Gasteiger partial charge in [0.15, 0.2) is 6.61 Å². The molecule has 164 valence electrons. The summed E-state index contributed by atoms with van der Waals surface area (Å²) in [6.07, 6.45) is 4.96. The van der Waals surface area contributed by atoms with Crippen LogP contribution in [0.15, 0.2) is 48.5 Å². The van der Waals surface area contributed by atoms with Crippen LogP contribution in [-0.2, 0) is 16.0 Å². The summed E-state index contributed by atoms with van der Waals surface area (Å²) in [6.45, 7) is 1.55. The van der Waals surface area contributed by atoms with Gasteiger partial charge in [-0.2, -0.15) is 0 Å². The molecule has 1 saturated heterocycles. The predicted octanol–water partition coefficient (Wildman–Crippen LogP) is 3.90. The molecule has 1 N–H and O–H groups in total. The average molecular weight is 423 g/mol. The number of likely N-dealkylation sites (tertiary alicyclic amines) is 1. The number of benzene rings is 2. The third-order valence-electron chi connectivity index (χ3n) is 6.06. The number of amides is 2. The zero-order valence-electron chi connectivity index (χ0n) is 18.0. The van der Waals surface area contributed by atoms with E-state index in [-0.39, 0.29) is 24.3 Å². The van der Waals surface area contributed by atoms with Gasteiger partial charge in [0.2, 0.25) is 5.91 Å². The zero-order valence-corrected chi connectivity index (χ0v) is 18.0. The monoisotopic (exact) mass is 422 g/mol. The molecule has 1 aliphatic carbocycles. The van der Waals surface area contributed by atoms with E-state index in [0.717, 1.165) is 50.9 Å². The van der Waals surface area contributed by atoms with E-state index in [1.165, 1.54) is 5.56 Å². The highest BCUT2D eigenvalue weighted by Crippen LogP contribution is 2.30. The lowest BCUT2D eigenvalue weighted by atomic mass is 9.90. The molecule has 1 aliphatic heterocycles. The molecular formula is C25H30N2O4. The molecule has 4 rings (SSSR count). The number of nitrogens with one attached hydrogen (secondary N) is 1. The first-order chi connectivity index (χ1) is 15.1. The Morgan fingerprint density at radius 3 is 2.42 bits per heavy atom. The Hall–Kier alpha value is -3.02. The molecule has 2 fully saturated rings. The Morgan fingerprint density at radius 1 is 1.00 bits per heavy atom. The molecule has 0 radical (unpaired) electrons. The van der Waals surface area contributed by atoms with Crippen molar-refractivity contribution >= 4 is 17.5 Å². The SMILES string of the molecule is COc1ccc(CC2CCN(C(=O)COc3cccc(NC(=O)C4CC4)c3)CC2)cc1. The van der Waals surface area contributed by atoms with Gasteiger partial charge in [0.1, 0.15) is 11.5 Å². The van der Waals surface area contributed by atoms with Gasteiger partial charge in [-0.15, -0.1) is 0 Å². The van der Waals surface area contributed by atoms with Gasteiger partial charge in [-0.05, 0) is 67.9 Å². The van der Waals surface area contributed by atoms with Crippen LogP contribution >= 0.6 is 0 Å². The number of anilines is 1. The highest BCUT2D eigenvalue weighted by molar-refractivity contribution is 5.94. The molecule has 1 heterocycles. The van der Waals surface area contributed by atoms with Crippen molar-refractivity contribution in [3.8, 4) is 11.5 Å². The molecular weight excluding hydrogens is 392 g/mol. The lowest BCUT2D eigenvalue weighted by Crippen LogP contribution is -2.41. The summed E-state index contributed by atoms with van der Waals surface area (Å²) in [4.78, 5) is 26.4. The number of methoxy groups -OCH3 is 1. The van der Waals surface area contributed by atoms with Gasteiger partial charge in [0.25, 0.3) is 5.91 Å². The molecule has 0 aromatic heterocycles. The summed E-state index contributed by atoms with van der Waals surface area (Å²) in [6, 6.07) is 15.5. The zero-order chi connectivity index (χ0) is 21.6. The lowest BCUT2D eigenvalue weighted by Gasteiger charge is -2.32. The summed E-state index contributed by atoms with van der Waals surface area (Å²) in [5.74, 6) is 2.28. The summed E-state index contributed by atoms with van der Waals surface area (Å²) < 4.78 is 10.9. The minimum Gasteiger partial charge on any atom is -0.497 e. The second-order valence-corrected chi connectivity index (χ2v) is 8.46. The van der Waals surface area contributed by atoms with Crippen LogP contribution in [0.1, 0.15) is 31.2 Å². The third kappa shape index (κ3) is 6.00. The molecule has 2 aliphatic rings. The lowest BCUT2D eigenvalue weighted by molar-refractivity contribution is -0.134. The second-order valence-electron chi connectivity index (χ2n) is 8.46. The van der Waals surface area contributed by atoms with E-state index in [9.17, 15) is 9.59 Å². The van der Waals surface area contributed by atoms with Crippen LogP contribution in [0.3, 0.4) is 0 Å². The van der Waals surface area contributed by atoms with E-state index >= 15 is 0 Å². The Labute approximate surface area is 183 Å². The number of carbonyl (C=O) groups excluding carboxylic acids is 2. The number of hydrogen-bond donors (Lipinski definition) is 1. The predicted molar refractivity (Wildman–Crippen MR) is 119 cm³/mol. The standard InChI is InChI=1S/C25H30N2O4/c1-30-22-9-5-18(6-10-22)15-19-11-13-27(14-12-19)24(28)17-31-23-4-2-3-21(16-23)26-25(29)20-7-8-20/h2-6,9-10,16,19-20H,7-8,11-15,17H2,1H3,(H,26,29). The van der Waals surface area contributed by atoms with E-state index in [4.69, 9.17) is 9.47 Å². The van der Waals surface area contributed by atoms with Gasteiger partial charge in [-0.25, -0.2) is 0 Å². The molecule has 0 unspecified atom stereocenters. The largest absolute Gasteiger partial charge is 0.497 e. The van der Waals surface area contributed by atoms with Crippen LogP contribution in [0.25, 0.3) is 0 Å². The fourth-order valence-corrected chi connectivity index (χ4v) is 3.97. The van der Waals surface area contributed by atoms with Gasteiger partial charge in [-0.1, -0.05) is 18.2 Å². The van der Waals surface area contributed by atoms with Crippen LogP contribution in [0.2, 0.25) is 0 Å². The molecule has 0 spiro atoms. The van der Waals surface area contributed by atoms with Crippen LogP contribution in [-0.4, -0.2) is 43.5 Å². The van der Waals surface area contributed by atoms with E-state index in [1.807, 2.05) is 29.2 Å². The normalized spacial score (nSPS) is 16.6. The van der Waals surface area contributed by atoms with Crippen LogP contribution < -0.4 is 14.8 Å². The smallest absolute Gasteiger partial charge is 0.260 e. The Balaban J connectivity index is 1.20. The number of piperidine rings is 1. The van der Waals surface area contributed by atoms with Gasteiger partial charge in [-0.3, -0.25) is 9.59 Å². The molecule has 2 aromatic rings. The molecule has 2 amide bonds. The van der Waals surface area contributed by atoms with Gasteiger partial charge < -0.3 is 19.7 Å². The molecule has 6 nitrogen and oxygen atoms in total. The van der Waals surface area contributed by atoms with Gasteiger partial charge in [0.05, 0.1) is 7.11 Å². The molecule has 0 atom stereocenters. The number of carbonyl (C=O) groups is 2. The maximum Gasteiger partial charge on any atom is 0.260 e. The van der Waals surface area contributed by atoms with Crippen molar-refractivity contribution in [2.75, 3.05) is 32.1 Å². The Morgan fingerprint density at radius 2 is 1.74 bits per heavy atom. The third-order valence-corrected chi connectivity index (χ3v) is 6.06. The quantitative estimate of drug-likeness (QED) is 0.701. The summed E-state index contributed by atoms with van der Waals surface area (Å²) in [5.41, 5.74) is 2.02. The molecule has 0 bridgehead atoms. The van der Waals surface area contributed by atoms with Crippen molar-refractivity contribution in [3.63, 3.8) is 0 Å².